The minimum atomic E-state index is -0.677. The zero-order valence-corrected chi connectivity index (χ0v) is 11.2. The van der Waals surface area contributed by atoms with E-state index in [4.69, 9.17) is 14.2 Å². The van der Waals surface area contributed by atoms with Crippen LogP contribution in [0, 0.1) is 6.61 Å². The van der Waals surface area contributed by atoms with Crippen LogP contribution in [0.15, 0.2) is 18.2 Å². The van der Waals surface area contributed by atoms with Gasteiger partial charge in [0, 0.05) is 6.61 Å². The van der Waals surface area contributed by atoms with Gasteiger partial charge in [0.2, 0.25) is 0 Å². The van der Waals surface area contributed by atoms with Crippen molar-refractivity contribution in [2.75, 3.05) is 27.4 Å². The van der Waals surface area contributed by atoms with E-state index in [2.05, 4.69) is 9.78 Å². The molecule has 0 aliphatic rings. The number of rotatable bonds is 8. The number of ether oxygens (including phenoxy) is 3. The number of carbonyl (C=O) groups is 1. The minimum Gasteiger partial charge on any atom is -0.493 e. The maximum Gasteiger partial charge on any atom is 0.376 e. The summed E-state index contributed by atoms with van der Waals surface area (Å²) in [6, 6.07) is 4.88. The first-order valence-electron chi connectivity index (χ1n) is 5.72. The number of para-hydroxylation sites is 1. The Hall–Kier alpha value is -1.79. The largest absolute Gasteiger partial charge is 0.493 e. The third-order valence-electron chi connectivity index (χ3n) is 2.20. The second-order valence-electron chi connectivity index (χ2n) is 3.33. The number of methoxy groups -OCH3 is 2. The maximum absolute atomic E-state index is 11.8. The maximum atomic E-state index is 11.8. The molecule has 0 atom stereocenters. The summed E-state index contributed by atoms with van der Waals surface area (Å²) < 4.78 is 15.2. The summed E-state index contributed by atoms with van der Waals surface area (Å²) in [5.74, 6) is 0.0575. The van der Waals surface area contributed by atoms with Crippen molar-refractivity contribution in [3.05, 3.63) is 30.4 Å². The van der Waals surface area contributed by atoms with Crippen LogP contribution in [0.2, 0.25) is 0 Å². The molecule has 0 saturated heterocycles. The molecule has 0 aliphatic heterocycles. The summed E-state index contributed by atoms with van der Waals surface area (Å²) in [6.07, 6.45) is 0. The zero-order chi connectivity index (χ0) is 14.1. The van der Waals surface area contributed by atoms with E-state index >= 15 is 0 Å². The van der Waals surface area contributed by atoms with E-state index < -0.39 is 5.97 Å². The van der Waals surface area contributed by atoms with Gasteiger partial charge in [-0.2, -0.15) is 4.89 Å². The summed E-state index contributed by atoms with van der Waals surface area (Å²) in [5.41, 5.74) is 0.214. The number of carbonyl (C=O) groups excluding carboxylic acids is 1. The Labute approximate surface area is 112 Å². The van der Waals surface area contributed by atoms with Crippen LogP contribution in [0.3, 0.4) is 0 Å². The molecule has 0 bridgehead atoms. The third kappa shape index (κ3) is 4.42. The molecule has 0 amide bonds. The van der Waals surface area contributed by atoms with Crippen molar-refractivity contribution in [1.29, 1.82) is 0 Å². The predicted octanol–water partition coefficient (Wildman–Crippen LogP) is 1.99. The number of hydrogen-bond acceptors (Lipinski definition) is 6. The molecule has 1 rings (SSSR count). The lowest BCUT2D eigenvalue weighted by Gasteiger charge is -2.11. The van der Waals surface area contributed by atoms with Crippen LogP contribution >= 0.6 is 0 Å². The molecule has 0 aromatic heterocycles. The van der Waals surface area contributed by atoms with Gasteiger partial charge in [0.15, 0.2) is 18.1 Å². The predicted molar refractivity (Wildman–Crippen MR) is 66.8 cm³/mol. The Morgan fingerprint density at radius 1 is 1.26 bits per heavy atom. The molecule has 0 fully saturated rings. The van der Waals surface area contributed by atoms with E-state index in [1.54, 1.807) is 18.2 Å². The average molecular weight is 269 g/mol. The fourth-order valence-corrected chi connectivity index (χ4v) is 1.36. The molecule has 1 aromatic carbocycles. The second-order valence-corrected chi connectivity index (χ2v) is 3.33. The molecule has 6 nitrogen and oxygen atoms in total. The number of hydrogen-bond donors (Lipinski definition) is 0. The van der Waals surface area contributed by atoms with Gasteiger partial charge in [0.05, 0.1) is 20.8 Å². The SMILES string of the molecule is CCOC[CH]OOC(=O)c1cccc(OC)c1OC. The first-order chi connectivity index (χ1) is 9.24. The van der Waals surface area contributed by atoms with Crippen LogP contribution in [0.5, 0.6) is 11.5 Å². The van der Waals surface area contributed by atoms with Crippen molar-refractivity contribution in [3.63, 3.8) is 0 Å². The minimum absolute atomic E-state index is 0.214. The molecular weight excluding hydrogens is 252 g/mol. The van der Waals surface area contributed by atoms with Crippen LogP contribution in [0.4, 0.5) is 0 Å². The van der Waals surface area contributed by atoms with E-state index in [-0.39, 0.29) is 12.2 Å². The Balaban J connectivity index is 2.61. The average Bonchev–Trinajstić information content (AvgIpc) is 2.45. The number of benzene rings is 1. The van der Waals surface area contributed by atoms with E-state index in [0.717, 1.165) is 0 Å². The standard InChI is InChI=1S/C13H17O6/c1-4-17-8-9-18-19-13(14)10-6-5-7-11(15-2)12(10)16-3/h5-7,9H,4,8H2,1-3H3. The summed E-state index contributed by atoms with van der Waals surface area (Å²) in [7, 11) is 2.93. The lowest BCUT2D eigenvalue weighted by molar-refractivity contribution is -0.218. The van der Waals surface area contributed by atoms with E-state index in [9.17, 15) is 4.79 Å². The highest BCUT2D eigenvalue weighted by atomic mass is 17.2. The van der Waals surface area contributed by atoms with Crippen LogP contribution in [-0.4, -0.2) is 33.4 Å². The van der Waals surface area contributed by atoms with Gasteiger partial charge in [-0.25, -0.2) is 4.79 Å². The third-order valence-corrected chi connectivity index (χ3v) is 2.20. The van der Waals surface area contributed by atoms with E-state index in [1.165, 1.54) is 20.8 Å². The molecule has 0 unspecified atom stereocenters. The highest BCUT2D eigenvalue weighted by Gasteiger charge is 2.18. The van der Waals surface area contributed by atoms with Crippen molar-refractivity contribution in [3.8, 4) is 11.5 Å². The van der Waals surface area contributed by atoms with Crippen LogP contribution in [0.1, 0.15) is 17.3 Å². The first kappa shape index (κ1) is 15.3. The molecule has 0 heterocycles. The Morgan fingerprint density at radius 3 is 2.68 bits per heavy atom. The molecule has 105 valence electrons. The molecule has 0 spiro atoms. The van der Waals surface area contributed by atoms with Gasteiger partial charge in [-0.15, -0.1) is 0 Å². The molecule has 6 heteroatoms. The van der Waals surface area contributed by atoms with Gasteiger partial charge in [-0.3, -0.25) is 4.89 Å². The smallest absolute Gasteiger partial charge is 0.376 e. The Kier molecular flexibility index (Phi) is 6.70. The van der Waals surface area contributed by atoms with E-state index in [1.807, 2.05) is 6.92 Å². The fourth-order valence-electron chi connectivity index (χ4n) is 1.36. The van der Waals surface area contributed by atoms with Gasteiger partial charge in [0.1, 0.15) is 5.56 Å². The summed E-state index contributed by atoms with van der Waals surface area (Å²) in [5, 5.41) is 0. The molecule has 0 aliphatic carbocycles. The van der Waals surface area contributed by atoms with E-state index in [0.29, 0.717) is 18.1 Å². The van der Waals surface area contributed by atoms with Crippen molar-refractivity contribution in [2.45, 2.75) is 6.92 Å². The quantitative estimate of drug-likeness (QED) is 0.408. The van der Waals surface area contributed by atoms with Crippen LogP contribution in [-0.2, 0) is 14.5 Å². The highest BCUT2D eigenvalue weighted by Crippen LogP contribution is 2.31. The normalized spacial score (nSPS) is 10.1. The molecule has 1 aromatic rings. The summed E-state index contributed by atoms with van der Waals surface area (Å²) in [6.45, 7) is 3.88. The zero-order valence-electron chi connectivity index (χ0n) is 11.2. The van der Waals surface area contributed by atoms with Gasteiger partial charge in [0.25, 0.3) is 0 Å². The fraction of sp³-hybridized carbons (Fsp3) is 0.385. The van der Waals surface area contributed by atoms with Crippen LogP contribution < -0.4 is 9.47 Å². The Morgan fingerprint density at radius 2 is 2.05 bits per heavy atom. The van der Waals surface area contributed by atoms with Crippen LogP contribution in [0.25, 0.3) is 0 Å². The highest BCUT2D eigenvalue weighted by molar-refractivity contribution is 5.93. The lowest BCUT2D eigenvalue weighted by atomic mass is 10.2. The summed E-state index contributed by atoms with van der Waals surface area (Å²) in [4.78, 5) is 21.0. The van der Waals surface area contributed by atoms with Gasteiger partial charge in [-0.1, -0.05) is 6.07 Å². The van der Waals surface area contributed by atoms with Crippen molar-refractivity contribution in [1.82, 2.24) is 0 Å². The monoisotopic (exact) mass is 269 g/mol. The van der Waals surface area contributed by atoms with Gasteiger partial charge < -0.3 is 14.2 Å². The first-order valence-corrected chi connectivity index (χ1v) is 5.72. The lowest BCUT2D eigenvalue weighted by Crippen LogP contribution is -2.09. The van der Waals surface area contributed by atoms with Gasteiger partial charge >= 0.3 is 5.97 Å². The molecular formula is C13H17O6. The van der Waals surface area contributed by atoms with Crippen molar-refractivity contribution in [2.24, 2.45) is 0 Å². The van der Waals surface area contributed by atoms with Crippen molar-refractivity contribution < 1.29 is 28.8 Å². The topological polar surface area (TPSA) is 63.2 Å². The Bertz CT molecular complexity index is 404. The summed E-state index contributed by atoms with van der Waals surface area (Å²) >= 11 is 0. The van der Waals surface area contributed by atoms with Gasteiger partial charge in [-0.05, 0) is 19.1 Å². The molecule has 0 saturated carbocycles. The molecule has 19 heavy (non-hydrogen) atoms. The molecule has 1 radical (unpaired) electrons. The second kappa shape index (κ2) is 8.34. The van der Waals surface area contributed by atoms with Crippen molar-refractivity contribution >= 4 is 5.97 Å². The molecule has 0 N–H and O–H groups in total.